The SMILES string of the molecule is CCCOc1ccc(Cn2c(C)nc(Cl)c2/C=C/C(=O)O)c(Cl)c1. The van der Waals surface area contributed by atoms with Gasteiger partial charge in [-0.1, -0.05) is 36.2 Å². The molecule has 0 unspecified atom stereocenters. The number of aliphatic carboxylic acids is 1. The molecule has 5 nitrogen and oxygen atoms in total. The van der Waals surface area contributed by atoms with Gasteiger partial charge in [0.1, 0.15) is 11.6 Å². The largest absolute Gasteiger partial charge is 0.494 e. The smallest absolute Gasteiger partial charge is 0.328 e. The van der Waals surface area contributed by atoms with Crippen LogP contribution in [0.4, 0.5) is 0 Å². The van der Waals surface area contributed by atoms with Crippen molar-refractivity contribution in [3.8, 4) is 5.75 Å². The first-order valence-corrected chi connectivity index (χ1v) is 8.22. The first-order chi connectivity index (χ1) is 11.4. The molecule has 7 heteroatoms. The lowest BCUT2D eigenvalue weighted by Crippen LogP contribution is -2.05. The molecule has 0 bridgehead atoms. The summed E-state index contributed by atoms with van der Waals surface area (Å²) in [4.78, 5) is 14.9. The van der Waals surface area contributed by atoms with Crippen molar-refractivity contribution in [2.75, 3.05) is 6.61 Å². The Kier molecular flexibility index (Phi) is 6.29. The molecule has 0 saturated carbocycles. The van der Waals surface area contributed by atoms with E-state index in [4.69, 9.17) is 33.0 Å². The Morgan fingerprint density at radius 3 is 2.79 bits per heavy atom. The molecule has 2 aromatic rings. The fourth-order valence-electron chi connectivity index (χ4n) is 2.19. The number of aromatic nitrogens is 2. The van der Waals surface area contributed by atoms with Crippen molar-refractivity contribution in [2.24, 2.45) is 0 Å². The molecule has 2 rings (SSSR count). The lowest BCUT2D eigenvalue weighted by Gasteiger charge is -2.12. The maximum atomic E-state index is 10.7. The Balaban J connectivity index is 2.29. The number of rotatable bonds is 7. The molecule has 0 aliphatic rings. The van der Waals surface area contributed by atoms with Crippen molar-refractivity contribution >= 4 is 35.2 Å². The number of carbonyl (C=O) groups is 1. The molecule has 0 fully saturated rings. The maximum absolute atomic E-state index is 10.7. The van der Waals surface area contributed by atoms with Crippen LogP contribution in [0.1, 0.15) is 30.4 Å². The highest BCUT2D eigenvalue weighted by atomic mass is 35.5. The fourth-order valence-corrected chi connectivity index (χ4v) is 2.71. The Morgan fingerprint density at radius 1 is 1.42 bits per heavy atom. The molecule has 24 heavy (non-hydrogen) atoms. The zero-order chi connectivity index (χ0) is 17.7. The minimum absolute atomic E-state index is 0.254. The molecule has 1 heterocycles. The van der Waals surface area contributed by atoms with Crippen molar-refractivity contribution in [2.45, 2.75) is 26.8 Å². The molecular weight excluding hydrogens is 351 g/mol. The average Bonchev–Trinajstić information content (AvgIpc) is 2.79. The van der Waals surface area contributed by atoms with Crippen LogP contribution in [0.15, 0.2) is 24.3 Å². The molecule has 0 aliphatic carbocycles. The van der Waals surface area contributed by atoms with E-state index in [9.17, 15) is 4.79 Å². The summed E-state index contributed by atoms with van der Waals surface area (Å²) in [5.41, 5.74) is 1.39. The van der Waals surface area contributed by atoms with E-state index in [-0.39, 0.29) is 5.15 Å². The number of imidazole rings is 1. The maximum Gasteiger partial charge on any atom is 0.328 e. The minimum atomic E-state index is -1.05. The van der Waals surface area contributed by atoms with Crippen LogP contribution in [0.2, 0.25) is 10.2 Å². The van der Waals surface area contributed by atoms with Gasteiger partial charge in [0.2, 0.25) is 0 Å². The van der Waals surface area contributed by atoms with Crippen LogP contribution in [0.3, 0.4) is 0 Å². The zero-order valence-corrected chi connectivity index (χ0v) is 14.9. The Labute approximate surface area is 150 Å². The van der Waals surface area contributed by atoms with Gasteiger partial charge in [-0.05, 0) is 37.1 Å². The third-order valence-electron chi connectivity index (χ3n) is 3.36. The van der Waals surface area contributed by atoms with E-state index in [1.54, 1.807) is 13.0 Å². The molecule has 0 amide bonds. The first-order valence-electron chi connectivity index (χ1n) is 7.47. The van der Waals surface area contributed by atoms with Crippen molar-refractivity contribution in [3.63, 3.8) is 0 Å². The van der Waals surface area contributed by atoms with Gasteiger partial charge in [-0.2, -0.15) is 0 Å². The predicted octanol–water partition coefficient (Wildman–Crippen LogP) is 4.43. The van der Waals surface area contributed by atoms with Gasteiger partial charge in [-0.25, -0.2) is 9.78 Å². The number of carboxylic acid groups (broad SMARTS) is 1. The summed E-state index contributed by atoms with van der Waals surface area (Å²) < 4.78 is 7.37. The Morgan fingerprint density at radius 2 is 2.17 bits per heavy atom. The third-order valence-corrected chi connectivity index (χ3v) is 3.99. The standard InChI is InChI=1S/C17H18Cl2N2O3/c1-3-8-24-13-5-4-12(14(18)9-13)10-21-11(2)20-17(19)15(21)6-7-16(22)23/h4-7,9H,3,8,10H2,1-2H3,(H,22,23)/b7-6+. The van der Waals surface area contributed by atoms with Gasteiger partial charge in [0, 0.05) is 11.1 Å². The highest BCUT2D eigenvalue weighted by Gasteiger charge is 2.13. The topological polar surface area (TPSA) is 64.4 Å². The van der Waals surface area contributed by atoms with E-state index in [1.807, 2.05) is 23.6 Å². The summed E-state index contributed by atoms with van der Waals surface area (Å²) in [5, 5.41) is 9.63. The molecule has 0 radical (unpaired) electrons. The molecule has 0 aliphatic heterocycles. The predicted molar refractivity (Wildman–Crippen MR) is 95.0 cm³/mol. The number of hydrogen-bond donors (Lipinski definition) is 1. The Bertz CT molecular complexity index is 769. The van der Waals surface area contributed by atoms with Crippen LogP contribution in [0.25, 0.3) is 6.08 Å². The molecule has 1 aromatic carbocycles. The number of carboxylic acids is 1. The van der Waals surface area contributed by atoms with Gasteiger partial charge in [0.25, 0.3) is 0 Å². The number of ether oxygens (including phenoxy) is 1. The summed E-state index contributed by atoms with van der Waals surface area (Å²) in [6.07, 6.45) is 3.38. The summed E-state index contributed by atoms with van der Waals surface area (Å²) in [6, 6.07) is 5.51. The van der Waals surface area contributed by atoms with Gasteiger partial charge in [-0.3, -0.25) is 0 Å². The number of nitrogens with zero attached hydrogens (tertiary/aromatic N) is 2. The second-order valence-electron chi connectivity index (χ2n) is 5.19. The summed E-state index contributed by atoms with van der Waals surface area (Å²) in [5.74, 6) is 0.344. The second-order valence-corrected chi connectivity index (χ2v) is 5.96. The van der Waals surface area contributed by atoms with Crippen LogP contribution >= 0.6 is 23.2 Å². The van der Waals surface area contributed by atoms with Gasteiger partial charge in [-0.15, -0.1) is 0 Å². The van der Waals surface area contributed by atoms with Gasteiger partial charge in [0.05, 0.1) is 18.8 Å². The van der Waals surface area contributed by atoms with Crippen molar-refractivity contribution in [3.05, 3.63) is 51.5 Å². The van der Waals surface area contributed by atoms with E-state index >= 15 is 0 Å². The van der Waals surface area contributed by atoms with Crippen molar-refractivity contribution in [1.82, 2.24) is 9.55 Å². The van der Waals surface area contributed by atoms with E-state index in [0.29, 0.717) is 29.7 Å². The van der Waals surface area contributed by atoms with Gasteiger partial charge >= 0.3 is 5.97 Å². The van der Waals surface area contributed by atoms with Crippen LogP contribution < -0.4 is 4.74 Å². The number of halogens is 2. The number of benzene rings is 1. The van der Waals surface area contributed by atoms with E-state index in [0.717, 1.165) is 23.8 Å². The first kappa shape index (κ1) is 18.4. The average molecular weight is 369 g/mol. The molecule has 0 saturated heterocycles. The quantitative estimate of drug-likeness (QED) is 0.734. The minimum Gasteiger partial charge on any atom is -0.494 e. The molecule has 1 N–H and O–H groups in total. The molecule has 128 valence electrons. The van der Waals surface area contributed by atoms with Crippen molar-refractivity contribution in [1.29, 1.82) is 0 Å². The summed E-state index contributed by atoms with van der Waals surface area (Å²) in [6.45, 7) is 4.90. The Hall–Kier alpha value is -1.98. The monoisotopic (exact) mass is 368 g/mol. The second kappa shape index (κ2) is 8.22. The van der Waals surface area contributed by atoms with Crippen molar-refractivity contribution < 1.29 is 14.6 Å². The van der Waals surface area contributed by atoms with Crippen LogP contribution in [-0.4, -0.2) is 27.2 Å². The van der Waals surface area contributed by atoms with Gasteiger partial charge < -0.3 is 14.4 Å². The van der Waals surface area contributed by atoms with Crippen LogP contribution in [-0.2, 0) is 11.3 Å². The lowest BCUT2D eigenvalue weighted by molar-refractivity contribution is -0.131. The fraction of sp³-hybridized carbons (Fsp3) is 0.294. The summed E-state index contributed by atoms with van der Waals surface area (Å²) >= 11 is 12.4. The van der Waals surface area contributed by atoms with E-state index in [2.05, 4.69) is 4.98 Å². The van der Waals surface area contributed by atoms with Crippen LogP contribution in [0.5, 0.6) is 5.75 Å². The highest BCUT2D eigenvalue weighted by molar-refractivity contribution is 6.31. The summed E-state index contributed by atoms with van der Waals surface area (Å²) in [7, 11) is 0. The molecule has 1 aromatic heterocycles. The third kappa shape index (κ3) is 4.52. The van der Waals surface area contributed by atoms with E-state index < -0.39 is 5.97 Å². The molecular formula is C17H18Cl2N2O3. The lowest BCUT2D eigenvalue weighted by atomic mass is 10.2. The normalized spacial score (nSPS) is 11.2. The molecule has 0 atom stereocenters. The van der Waals surface area contributed by atoms with Crippen LogP contribution in [0, 0.1) is 6.92 Å². The van der Waals surface area contributed by atoms with E-state index in [1.165, 1.54) is 6.08 Å². The number of aryl methyl sites for hydroxylation is 1. The highest BCUT2D eigenvalue weighted by Crippen LogP contribution is 2.26. The molecule has 0 spiro atoms. The zero-order valence-electron chi connectivity index (χ0n) is 13.4. The van der Waals surface area contributed by atoms with Gasteiger partial charge in [0.15, 0.2) is 5.15 Å². The number of hydrogen-bond acceptors (Lipinski definition) is 3.